The van der Waals surface area contributed by atoms with Crippen LogP contribution in [0.3, 0.4) is 0 Å². The minimum absolute atomic E-state index is 0.667. The lowest BCUT2D eigenvalue weighted by atomic mass is 10.3. The monoisotopic (exact) mass is 210 g/mol. The largest absolute Gasteiger partial charge is 0.343 e. The highest BCUT2D eigenvalue weighted by atomic mass is 16.5. The summed E-state index contributed by atoms with van der Waals surface area (Å²) in [5.41, 5.74) is 0. The highest BCUT2D eigenvalue weighted by Gasteiger charge is 2.21. The number of hydrogen-bond donors (Lipinski definition) is 1. The fraction of sp³-hybridized carbons (Fsp3) is 0.800. The second kappa shape index (κ2) is 5.23. The second-order valence-corrected chi connectivity index (χ2v) is 3.94. The molecule has 1 saturated heterocycles. The summed E-state index contributed by atoms with van der Waals surface area (Å²) < 4.78 is 4.70. The zero-order valence-electron chi connectivity index (χ0n) is 9.15. The average molecular weight is 210 g/mol. The summed E-state index contributed by atoms with van der Waals surface area (Å²) >= 11 is 0. The van der Waals surface area contributed by atoms with Gasteiger partial charge in [0.05, 0.1) is 0 Å². The molecule has 1 fully saturated rings. The minimum atomic E-state index is 0.667. The molecule has 0 bridgehead atoms. The first-order chi connectivity index (χ1) is 7.38. The van der Waals surface area contributed by atoms with Crippen LogP contribution in [0, 0.1) is 0 Å². The molecule has 0 amide bonds. The Labute approximate surface area is 89.8 Å². The molecule has 0 spiro atoms. The van der Waals surface area contributed by atoms with E-state index in [1.807, 2.05) is 0 Å². The van der Waals surface area contributed by atoms with Crippen LogP contribution in [0.5, 0.6) is 0 Å². The molecule has 0 aromatic carbocycles. The molecular formula is C10H18N4O. The summed E-state index contributed by atoms with van der Waals surface area (Å²) in [5.74, 6) is 0.807. The maximum atomic E-state index is 4.70. The summed E-state index contributed by atoms with van der Waals surface area (Å²) in [6, 6.07) is 0.667. The van der Waals surface area contributed by atoms with Crippen LogP contribution in [-0.2, 0) is 6.42 Å². The van der Waals surface area contributed by atoms with Crippen LogP contribution in [0.2, 0.25) is 0 Å². The van der Waals surface area contributed by atoms with Gasteiger partial charge < -0.3 is 14.7 Å². The van der Waals surface area contributed by atoms with E-state index in [9.17, 15) is 0 Å². The highest BCUT2D eigenvalue weighted by molar-refractivity contribution is 4.84. The quantitative estimate of drug-likeness (QED) is 0.757. The van der Waals surface area contributed by atoms with Gasteiger partial charge >= 0.3 is 0 Å². The first kappa shape index (κ1) is 10.6. The van der Waals surface area contributed by atoms with Gasteiger partial charge in [-0.1, -0.05) is 12.1 Å². The van der Waals surface area contributed by atoms with Crippen molar-refractivity contribution in [2.45, 2.75) is 25.8 Å². The molecule has 1 atom stereocenters. The Morgan fingerprint density at radius 1 is 1.67 bits per heavy atom. The van der Waals surface area contributed by atoms with E-state index in [4.69, 9.17) is 4.52 Å². The Bertz CT molecular complexity index is 275. The number of aromatic nitrogens is 2. The van der Waals surface area contributed by atoms with Gasteiger partial charge in [0.15, 0.2) is 5.82 Å². The molecule has 1 N–H and O–H groups in total. The third kappa shape index (κ3) is 3.00. The van der Waals surface area contributed by atoms with Crippen molar-refractivity contribution in [3.63, 3.8) is 0 Å². The molecule has 15 heavy (non-hydrogen) atoms. The lowest BCUT2D eigenvalue weighted by Gasteiger charge is -2.14. The first-order valence-electron chi connectivity index (χ1n) is 5.59. The van der Waals surface area contributed by atoms with E-state index in [1.54, 1.807) is 0 Å². The smallest absolute Gasteiger partial charge is 0.213 e. The summed E-state index contributed by atoms with van der Waals surface area (Å²) in [5, 5.41) is 7.28. The van der Waals surface area contributed by atoms with Gasteiger partial charge in [-0.05, 0) is 19.5 Å². The van der Waals surface area contributed by atoms with Crippen LogP contribution in [-0.4, -0.2) is 47.3 Å². The minimum Gasteiger partial charge on any atom is -0.343 e. The van der Waals surface area contributed by atoms with E-state index in [2.05, 4.69) is 27.3 Å². The maximum Gasteiger partial charge on any atom is 0.213 e. The van der Waals surface area contributed by atoms with E-state index in [0.29, 0.717) is 6.04 Å². The van der Waals surface area contributed by atoms with Crippen molar-refractivity contribution >= 4 is 0 Å². The highest BCUT2D eigenvalue weighted by Crippen LogP contribution is 2.09. The molecule has 1 aliphatic heterocycles. The molecule has 0 aliphatic carbocycles. The zero-order chi connectivity index (χ0) is 10.5. The van der Waals surface area contributed by atoms with Gasteiger partial charge in [0, 0.05) is 25.6 Å². The van der Waals surface area contributed by atoms with Gasteiger partial charge in [0.25, 0.3) is 0 Å². The van der Waals surface area contributed by atoms with Gasteiger partial charge in [0.1, 0.15) is 0 Å². The molecule has 1 unspecified atom stereocenters. The van der Waals surface area contributed by atoms with Gasteiger partial charge in [-0.3, -0.25) is 0 Å². The van der Waals surface area contributed by atoms with Crippen molar-refractivity contribution < 1.29 is 4.52 Å². The molecule has 2 heterocycles. The Balaban J connectivity index is 1.69. The van der Waals surface area contributed by atoms with Gasteiger partial charge in [-0.25, -0.2) is 0 Å². The van der Waals surface area contributed by atoms with Crippen molar-refractivity contribution in [1.29, 1.82) is 0 Å². The lowest BCUT2D eigenvalue weighted by Crippen LogP contribution is -2.33. The first-order valence-corrected chi connectivity index (χ1v) is 5.59. The number of nitrogens with zero attached hydrogens (tertiary/aromatic N) is 3. The molecule has 2 rings (SSSR count). The topological polar surface area (TPSA) is 54.2 Å². The normalized spacial score (nSPS) is 22.3. The number of likely N-dealkylation sites (tertiary alicyclic amines) is 1. The van der Waals surface area contributed by atoms with E-state index in [-0.39, 0.29) is 0 Å². The molecular weight excluding hydrogens is 192 g/mol. The van der Waals surface area contributed by atoms with E-state index >= 15 is 0 Å². The van der Waals surface area contributed by atoms with Gasteiger partial charge in [-0.2, -0.15) is 4.98 Å². The molecule has 1 aromatic heterocycles. The van der Waals surface area contributed by atoms with Crippen LogP contribution < -0.4 is 5.32 Å². The van der Waals surface area contributed by atoms with E-state index in [0.717, 1.165) is 31.9 Å². The molecule has 1 aliphatic rings. The predicted molar refractivity (Wildman–Crippen MR) is 56.5 cm³/mol. The predicted octanol–water partition coefficient (Wildman–Crippen LogP) is 0.296. The summed E-state index contributed by atoms with van der Waals surface area (Å²) in [4.78, 5) is 6.46. The average Bonchev–Trinajstić information content (AvgIpc) is 2.85. The summed E-state index contributed by atoms with van der Waals surface area (Å²) in [7, 11) is 0. The Kier molecular flexibility index (Phi) is 3.69. The van der Waals surface area contributed by atoms with Crippen LogP contribution in [0.15, 0.2) is 10.9 Å². The van der Waals surface area contributed by atoms with Gasteiger partial charge in [0.2, 0.25) is 6.39 Å². The van der Waals surface area contributed by atoms with Crippen LogP contribution in [0.1, 0.15) is 19.2 Å². The standard InChI is InChI=1S/C10H18N4O/c1-2-11-9-3-5-14(7-9)6-4-10-12-8-15-13-10/h8-9,11H,2-7H2,1H3. The lowest BCUT2D eigenvalue weighted by molar-refractivity contribution is 0.326. The third-order valence-electron chi connectivity index (χ3n) is 2.82. The second-order valence-electron chi connectivity index (χ2n) is 3.94. The van der Waals surface area contributed by atoms with Crippen molar-refractivity contribution in [1.82, 2.24) is 20.4 Å². The SMILES string of the molecule is CCNC1CCN(CCc2ncon2)C1. The van der Waals surface area contributed by atoms with Crippen LogP contribution in [0.25, 0.3) is 0 Å². The molecule has 0 saturated carbocycles. The number of nitrogens with one attached hydrogen (secondary N) is 1. The third-order valence-corrected chi connectivity index (χ3v) is 2.82. The fourth-order valence-electron chi connectivity index (χ4n) is 2.05. The van der Waals surface area contributed by atoms with E-state index in [1.165, 1.54) is 19.4 Å². The molecule has 5 nitrogen and oxygen atoms in total. The maximum absolute atomic E-state index is 4.70. The number of rotatable bonds is 5. The zero-order valence-corrected chi connectivity index (χ0v) is 9.15. The van der Waals surface area contributed by atoms with Crippen LogP contribution >= 0.6 is 0 Å². The van der Waals surface area contributed by atoms with E-state index < -0.39 is 0 Å². The van der Waals surface area contributed by atoms with Gasteiger partial charge in [-0.15, -0.1) is 0 Å². The van der Waals surface area contributed by atoms with Crippen molar-refractivity contribution in [3.05, 3.63) is 12.2 Å². The Hall–Kier alpha value is -0.940. The molecule has 1 aromatic rings. The number of likely N-dealkylation sites (N-methyl/N-ethyl adjacent to an activating group) is 1. The Morgan fingerprint density at radius 2 is 2.60 bits per heavy atom. The molecule has 5 heteroatoms. The van der Waals surface area contributed by atoms with Crippen molar-refractivity contribution in [2.24, 2.45) is 0 Å². The summed E-state index contributed by atoms with van der Waals surface area (Å²) in [6.45, 7) is 6.56. The van der Waals surface area contributed by atoms with Crippen LogP contribution in [0.4, 0.5) is 0 Å². The summed E-state index contributed by atoms with van der Waals surface area (Å²) in [6.07, 6.45) is 3.52. The molecule has 84 valence electrons. The molecule has 0 radical (unpaired) electrons. The van der Waals surface area contributed by atoms with Crippen molar-refractivity contribution in [2.75, 3.05) is 26.2 Å². The Morgan fingerprint density at radius 3 is 3.33 bits per heavy atom. The van der Waals surface area contributed by atoms with Crippen molar-refractivity contribution in [3.8, 4) is 0 Å². The number of hydrogen-bond acceptors (Lipinski definition) is 5. The fourth-order valence-corrected chi connectivity index (χ4v) is 2.05.